The number of hydrogen-bond acceptors (Lipinski definition) is 2. The summed E-state index contributed by atoms with van der Waals surface area (Å²) in [6.45, 7) is 4.11. The van der Waals surface area contributed by atoms with Crippen molar-refractivity contribution in [3.63, 3.8) is 0 Å². The topological polar surface area (TPSA) is 46.2 Å². The van der Waals surface area contributed by atoms with Crippen molar-refractivity contribution in [2.24, 2.45) is 0 Å². The second-order valence-electron chi connectivity index (χ2n) is 3.38. The molecule has 64 valence electrons. The fourth-order valence-electron chi connectivity index (χ4n) is 1.35. The average Bonchev–Trinajstić information content (AvgIpc) is 1.86. The zero-order valence-electron chi connectivity index (χ0n) is 6.96. The fourth-order valence-corrected chi connectivity index (χ4v) is 2.81. The molecule has 0 spiro atoms. The largest absolute Gasteiger partial charge is 0.355 e. The van der Waals surface area contributed by atoms with Crippen molar-refractivity contribution in [2.75, 3.05) is 19.9 Å². The molecule has 1 aliphatic rings. The molecule has 1 rings (SSSR count). The Labute approximate surface area is 66.9 Å². The van der Waals surface area contributed by atoms with Crippen LogP contribution in [0.25, 0.3) is 0 Å². The van der Waals surface area contributed by atoms with Gasteiger partial charge in [-0.1, -0.05) is 0 Å². The molecular formula is C7H14NO2P. The van der Waals surface area contributed by atoms with E-state index in [0.717, 1.165) is 19.4 Å². The van der Waals surface area contributed by atoms with Gasteiger partial charge in [0.05, 0.1) is 12.8 Å². The van der Waals surface area contributed by atoms with E-state index in [9.17, 15) is 9.36 Å². The number of amides is 1. The summed E-state index contributed by atoms with van der Waals surface area (Å²) in [5.74, 6) is -0.0235. The van der Waals surface area contributed by atoms with Gasteiger partial charge in [-0.05, 0) is 26.2 Å². The second-order valence-corrected chi connectivity index (χ2v) is 6.87. The molecule has 4 heteroatoms. The van der Waals surface area contributed by atoms with Gasteiger partial charge >= 0.3 is 0 Å². The Morgan fingerprint density at radius 3 is 2.55 bits per heavy atom. The summed E-state index contributed by atoms with van der Waals surface area (Å²) in [7, 11) is -2.21. The molecule has 0 aromatic carbocycles. The molecule has 0 aliphatic carbocycles. The number of carbonyl (C=O) groups is 1. The van der Waals surface area contributed by atoms with Crippen LogP contribution in [0.4, 0.5) is 0 Å². The standard InChI is InChI=1S/C7H14NO2P/c1-11(2,10)6-4-3-5-8-7(6)9/h6H,3-5H2,1-2H3,(H,8,9). The predicted octanol–water partition coefficient (Wildman–Crippen LogP) is 0.888. The summed E-state index contributed by atoms with van der Waals surface area (Å²) in [4.78, 5) is 11.2. The van der Waals surface area contributed by atoms with Gasteiger partial charge < -0.3 is 9.88 Å². The monoisotopic (exact) mass is 175 g/mol. The van der Waals surface area contributed by atoms with E-state index in [2.05, 4.69) is 5.32 Å². The van der Waals surface area contributed by atoms with Crippen LogP contribution in [0, 0.1) is 0 Å². The predicted molar refractivity (Wildman–Crippen MR) is 45.5 cm³/mol. The van der Waals surface area contributed by atoms with Gasteiger partial charge in [0.1, 0.15) is 0 Å². The Balaban J connectivity index is 2.70. The SMILES string of the molecule is CP(C)(=O)C1CCCNC1=O. The first-order valence-corrected chi connectivity index (χ1v) is 6.51. The molecule has 11 heavy (non-hydrogen) atoms. The molecule has 0 saturated carbocycles. The minimum absolute atomic E-state index is 0.0235. The van der Waals surface area contributed by atoms with Crippen molar-refractivity contribution >= 4 is 13.0 Å². The Kier molecular flexibility index (Phi) is 2.38. The summed E-state index contributed by atoms with van der Waals surface area (Å²) in [5.41, 5.74) is -0.226. The third-order valence-electron chi connectivity index (χ3n) is 2.01. The van der Waals surface area contributed by atoms with Crippen LogP contribution in [0.1, 0.15) is 12.8 Å². The normalized spacial score (nSPS) is 26.4. The maximum absolute atomic E-state index is 11.5. The van der Waals surface area contributed by atoms with Crippen LogP contribution in [0.15, 0.2) is 0 Å². The third-order valence-corrected chi connectivity index (χ3v) is 4.00. The molecule has 1 fully saturated rings. The molecule has 0 radical (unpaired) electrons. The number of hydrogen-bond donors (Lipinski definition) is 1. The summed E-state index contributed by atoms with van der Waals surface area (Å²) in [6, 6.07) is 0. The summed E-state index contributed by atoms with van der Waals surface area (Å²) in [5, 5.41) is 2.73. The van der Waals surface area contributed by atoms with Crippen molar-refractivity contribution in [3.8, 4) is 0 Å². The molecular weight excluding hydrogens is 161 g/mol. The highest BCUT2D eigenvalue weighted by Crippen LogP contribution is 2.45. The summed E-state index contributed by atoms with van der Waals surface area (Å²) in [6.07, 6.45) is 1.75. The lowest BCUT2D eigenvalue weighted by Crippen LogP contribution is -2.39. The fraction of sp³-hybridized carbons (Fsp3) is 0.857. The maximum Gasteiger partial charge on any atom is 0.230 e. The number of carbonyl (C=O) groups excluding carboxylic acids is 1. The summed E-state index contributed by atoms with van der Waals surface area (Å²) >= 11 is 0. The number of nitrogens with one attached hydrogen (secondary N) is 1. The molecule has 1 N–H and O–H groups in total. The highest BCUT2D eigenvalue weighted by molar-refractivity contribution is 7.64. The van der Waals surface area contributed by atoms with E-state index in [0.29, 0.717) is 0 Å². The highest BCUT2D eigenvalue weighted by atomic mass is 31.2. The lowest BCUT2D eigenvalue weighted by atomic mass is 10.1. The molecule has 3 nitrogen and oxygen atoms in total. The molecule has 1 saturated heterocycles. The summed E-state index contributed by atoms with van der Waals surface area (Å²) < 4.78 is 11.5. The van der Waals surface area contributed by atoms with Gasteiger partial charge in [0, 0.05) is 6.54 Å². The van der Waals surface area contributed by atoms with Crippen molar-refractivity contribution < 1.29 is 9.36 Å². The van der Waals surface area contributed by atoms with E-state index in [-0.39, 0.29) is 11.6 Å². The maximum atomic E-state index is 11.5. The van der Waals surface area contributed by atoms with Crippen LogP contribution in [-0.2, 0) is 9.36 Å². The van der Waals surface area contributed by atoms with Gasteiger partial charge in [0.2, 0.25) is 5.91 Å². The molecule has 1 atom stereocenters. The zero-order valence-corrected chi connectivity index (χ0v) is 7.86. The Morgan fingerprint density at radius 1 is 1.55 bits per heavy atom. The lowest BCUT2D eigenvalue weighted by Gasteiger charge is -2.24. The van der Waals surface area contributed by atoms with Gasteiger partial charge in [-0.15, -0.1) is 0 Å². The Bertz CT molecular complexity index is 208. The first kappa shape index (κ1) is 8.79. The first-order chi connectivity index (χ1) is 5.02. The second kappa shape index (κ2) is 2.98. The van der Waals surface area contributed by atoms with E-state index in [1.165, 1.54) is 0 Å². The van der Waals surface area contributed by atoms with Gasteiger partial charge in [-0.2, -0.15) is 0 Å². The zero-order chi connectivity index (χ0) is 8.48. The van der Waals surface area contributed by atoms with Crippen LogP contribution < -0.4 is 5.32 Å². The van der Waals surface area contributed by atoms with E-state index >= 15 is 0 Å². The van der Waals surface area contributed by atoms with Crippen LogP contribution in [-0.4, -0.2) is 31.4 Å². The van der Waals surface area contributed by atoms with E-state index in [4.69, 9.17) is 0 Å². The smallest absolute Gasteiger partial charge is 0.230 e. The molecule has 0 aromatic heterocycles. The Morgan fingerprint density at radius 2 is 2.18 bits per heavy atom. The van der Waals surface area contributed by atoms with Crippen LogP contribution in [0.3, 0.4) is 0 Å². The van der Waals surface area contributed by atoms with Gasteiger partial charge in [-0.25, -0.2) is 0 Å². The molecule has 1 unspecified atom stereocenters. The van der Waals surface area contributed by atoms with Gasteiger partial charge in [0.15, 0.2) is 0 Å². The molecule has 1 amide bonds. The van der Waals surface area contributed by atoms with Crippen molar-refractivity contribution in [1.29, 1.82) is 0 Å². The molecule has 1 aliphatic heterocycles. The van der Waals surface area contributed by atoms with E-state index in [1.54, 1.807) is 13.3 Å². The van der Waals surface area contributed by atoms with E-state index < -0.39 is 7.14 Å². The molecule has 0 aromatic rings. The first-order valence-electron chi connectivity index (χ1n) is 3.84. The average molecular weight is 175 g/mol. The minimum Gasteiger partial charge on any atom is -0.355 e. The van der Waals surface area contributed by atoms with Crippen molar-refractivity contribution in [3.05, 3.63) is 0 Å². The van der Waals surface area contributed by atoms with Gasteiger partial charge in [-0.3, -0.25) is 4.79 Å². The molecule has 0 bridgehead atoms. The van der Waals surface area contributed by atoms with Crippen LogP contribution in [0.5, 0.6) is 0 Å². The highest BCUT2D eigenvalue weighted by Gasteiger charge is 2.31. The van der Waals surface area contributed by atoms with Crippen molar-refractivity contribution in [2.45, 2.75) is 18.5 Å². The number of rotatable bonds is 1. The minimum atomic E-state index is -2.21. The quantitative estimate of drug-likeness (QED) is 0.601. The van der Waals surface area contributed by atoms with Crippen LogP contribution in [0.2, 0.25) is 0 Å². The van der Waals surface area contributed by atoms with Crippen LogP contribution >= 0.6 is 7.14 Å². The Hall–Kier alpha value is -0.300. The van der Waals surface area contributed by atoms with Gasteiger partial charge in [0.25, 0.3) is 0 Å². The number of piperidine rings is 1. The third kappa shape index (κ3) is 2.06. The van der Waals surface area contributed by atoms with Crippen molar-refractivity contribution in [1.82, 2.24) is 5.32 Å². The van der Waals surface area contributed by atoms with E-state index in [1.807, 2.05) is 0 Å². The lowest BCUT2D eigenvalue weighted by molar-refractivity contribution is -0.121. The molecule has 1 heterocycles.